The molecule has 6 nitrogen and oxygen atoms in total. The Labute approximate surface area is 125 Å². The Balaban J connectivity index is 2.16. The van der Waals surface area contributed by atoms with Crippen LogP contribution in [0.2, 0.25) is 0 Å². The van der Waals surface area contributed by atoms with E-state index in [4.69, 9.17) is 5.11 Å². The molecule has 1 atom stereocenters. The van der Waals surface area contributed by atoms with Gasteiger partial charge < -0.3 is 19.9 Å². The highest BCUT2D eigenvalue weighted by Crippen LogP contribution is 2.33. The molecule has 1 unspecified atom stereocenters. The van der Waals surface area contributed by atoms with Crippen LogP contribution in [-0.2, 0) is 4.79 Å². The molecule has 1 aromatic carbocycles. The number of carboxylic acids is 1. The van der Waals surface area contributed by atoms with E-state index >= 15 is 0 Å². The zero-order chi connectivity index (χ0) is 15.9. The second kappa shape index (κ2) is 4.97. The average molecular weight is 296 g/mol. The zero-order valence-corrected chi connectivity index (χ0v) is 11.4. The van der Waals surface area contributed by atoms with Crippen LogP contribution in [-0.4, -0.2) is 25.9 Å². The van der Waals surface area contributed by atoms with E-state index in [-0.39, 0.29) is 17.9 Å². The standard InChI is InChI=1S/C16H12N2O4/c17-7-9-8-18(12-2-1-3-13(19)15(9)12)10-4-5-11(16(21)22)14(20)6-10/h1-4,6,8,11,19-20H,5H2,(H,21,22). The Morgan fingerprint density at radius 1 is 1.36 bits per heavy atom. The molecule has 2 aromatic rings. The van der Waals surface area contributed by atoms with Gasteiger partial charge in [-0.2, -0.15) is 5.26 Å². The van der Waals surface area contributed by atoms with Crippen molar-refractivity contribution in [1.82, 2.24) is 4.57 Å². The van der Waals surface area contributed by atoms with Crippen LogP contribution in [0.3, 0.4) is 0 Å². The molecule has 6 heteroatoms. The van der Waals surface area contributed by atoms with Gasteiger partial charge in [0.2, 0.25) is 0 Å². The van der Waals surface area contributed by atoms with Crippen molar-refractivity contribution >= 4 is 22.6 Å². The van der Waals surface area contributed by atoms with Crippen LogP contribution >= 0.6 is 0 Å². The van der Waals surface area contributed by atoms with Crippen LogP contribution in [0, 0.1) is 17.2 Å². The molecular weight excluding hydrogens is 284 g/mol. The molecule has 22 heavy (non-hydrogen) atoms. The fraction of sp³-hybridized carbons (Fsp3) is 0.125. The van der Waals surface area contributed by atoms with Crippen molar-refractivity contribution in [2.24, 2.45) is 5.92 Å². The van der Waals surface area contributed by atoms with Crippen LogP contribution in [0.1, 0.15) is 12.0 Å². The molecule has 1 heterocycles. The topological polar surface area (TPSA) is 106 Å². The average Bonchev–Trinajstić information content (AvgIpc) is 2.87. The first kappa shape index (κ1) is 13.8. The Morgan fingerprint density at radius 2 is 2.14 bits per heavy atom. The van der Waals surface area contributed by atoms with Crippen LogP contribution in [0.5, 0.6) is 5.75 Å². The summed E-state index contributed by atoms with van der Waals surface area (Å²) in [5.74, 6) is -2.27. The van der Waals surface area contributed by atoms with E-state index in [1.54, 1.807) is 29.0 Å². The van der Waals surface area contributed by atoms with Crippen molar-refractivity contribution in [3.63, 3.8) is 0 Å². The SMILES string of the molecule is N#Cc1cn(C2=CCC(C(=O)O)C(O)=C2)c2cccc(O)c12. The van der Waals surface area contributed by atoms with Crippen molar-refractivity contribution in [1.29, 1.82) is 5.26 Å². The molecule has 1 aliphatic rings. The van der Waals surface area contributed by atoms with Gasteiger partial charge in [-0.25, -0.2) is 0 Å². The number of rotatable bonds is 2. The number of hydrogen-bond acceptors (Lipinski definition) is 4. The number of carboxylic acid groups (broad SMARTS) is 1. The third kappa shape index (κ3) is 2.00. The molecular formula is C16H12N2O4. The fourth-order valence-corrected chi connectivity index (χ4v) is 2.63. The minimum atomic E-state index is -1.09. The highest BCUT2D eigenvalue weighted by atomic mass is 16.4. The Hall–Kier alpha value is -3.20. The summed E-state index contributed by atoms with van der Waals surface area (Å²) in [6.07, 6.45) is 4.77. The first-order chi connectivity index (χ1) is 10.5. The number of aromatic nitrogens is 1. The maximum Gasteiger partial charge on any atom is 0.314 e. The van der Waals surface area contributed by atoms with Gasteiger partial charge in [0.1, 0.15) is 23.5 Å². The van der Waals surface area contributed by atoms with Gasteiger partial charge in [-0.1, -0.05) is 12.1 Å². The molecule has 0 radical (unpaired) electrons. The van der Waals surface area contributed by atoms with Gasteiger partial charge in [-0.3, -0.25) is 4.79 Å². The van der Waals surface area contributed by atoms with Gasteiger partial charge in [0.25, 0.3) is 0 Å². The van der Waals surface area contributed by atoms with E-state index in [0.717, 1.165) is 0 Å². The number of aliphatic hydroxyl groups is 1. The smallest absolute Gasteiger partial charge is 0.314 e. The van der Waals surface area contributed by atoms with Crippen molar-refractivity contribution in [3.8, 4) is 11.8 Å². The van der Waals surface area contributed by atoms with Crippen molar-refractivity contribution < 1.29 is 20.1 Å². The largest absolute Gasteiger partial charge is 0.511 e. The number of phenols is 1. The maximum atomic E-state index is 11.0. The number of phenolic OH excluding ortho intramolecular Hbond substituents is 1. The van der Waals surface area contributed by atoms with Gasteiger partial charge in [0.05, 0.1) is 16.5 Å². The summed E-state index contributed by atoms with van der Waals surface area (Å²) in [7, 11) is 0. The van der Waals surface area contributed by atoms with Crippen LogP contribution in [0.4, 0.5) is 0 Å². The maximum absolute atomic E-state index is 11.0. The van der Waals surface area contributed by atoms with Gasteiger partial charge in [0, 0.05) is 18.0 Å². The lowest BCUT2D eigenvalue weighted by Crippen LogP contribution is -2.18. The summed E-state index contributed by atoms with van der Waals surface area (Å²) in [6, 6.07) is 6.92. The molecule has 1 aliphatic carbocycles. The van der Waals surface area contributed by atoms with Crippen LogP contribution in [0.25, 0.3) is 16.6 Å². The summed E-state index contributed by atoms with van der Waals surface area (Å²) in [6.45, 7) is 0. The number of hydrogen-bond donors (Lipinski definition) is 3. The zero-order valence-electron chi connectivity index (χ0n) is 11.4. The molecule has 0 spiro atoms. The van der Waals surface area contributed by atoms with E-state index in [2.05, 4.69) is 0 Å². The molecule has 0 fully saturated rings. The molecule has 0 aliphatic heterocycles. The van der Waals surface area contributed by atoms with Crippen molar-refractivity contribution in [2.45, 2.75) is 6.42 Å². The molecule has 0 saturated carbocycles. The molecule has 0 amide bonds. The number of aromatic hydroxyl groups is 1. The first-order valence-corrected chi connectivity index (χ1v) is 6.60. The Morgan fingerprint density at radius 3 is 2.77 bits per heavy atom. The van der Waals surface area contributed by atoms with E-state index in [9.17, 15) is 20.3 Å². The summed E-state index contributed by atoms with van der Waals surface area (Å²) >= 11 is 0. The molecule has 1 aromatic heterocycles. The third-order valence-corrected chi connectivity index (χ3v) is 3.72. The van der Waals surface area contributed by atoms with Crippen LogP contribution < -0.4 is 0 Å². The minimum absolute atomic E-state index is 0.000762. The normalized spacial score (nSPS) is 17.7. The number of nitrogens with zero attached hydrogens (tertiary/aromatic N) is 2. The number of aliphatic hydroxyl groups excluding tert-OH is 1. The van der Waals surface area contributed by atoms with Gasteiger partial charge in [-0.15, -0.1) is 0 Å². The highest BCUT2D eigenvalue weighted by molar-refractivity contribution is 5.94. The summed E-state index contributed by atoms with van der Waals surface area (Å²) in [5.41, 5.74) is 1.48. The third-order valence-electron chi connectivity index (χ3n) is 3.72. The fourth-order valence-electron chi connectivity index (χ4n) is 2.63. The van der Waals surface area contributed by atoms with Crippen molar-refractivity contribution in [2.75, 3.05) is 0 Å². The number of allylic oxidation sites excluding steroid dienone is 3. The lowest BCUT2D eigenvalue weighted by Gasteiger charge is -2.17. The van der Waals surface area contributed by atoms with E-state index in [1.165, 1.54) is 12.1 Å². The summed E-state index contributed by atoms with van der Waals surface area (Å²) < 4.78 is 1.65. The molecule has 3 N–H and O–H groups in total. The summed E-state index contributed by atoms with van der Waals surface area (Å²) in [4.78, 5) is 11.0. The number of fused-ring (bicyclic) bond motifs is 1. The van der Waals surface area contributed by atoms with Crippen LogP contribution in [0.15, 0.2) is 42.3 Å². The molecule has 3 rings (SSSR count). The predicted molar refractivity (Wildman–Crippen MR) is 79.0 cm³/mol. The van der Waals surface area contributed by atoms with Gasteiger partial charge in [0.15, 0.2) is 0 Å². The van der Waals surface area contributed by atoms with Gasteiger partial charge in [-0.05, 0) is 18.6 Å². The van der Waals surface area contributed by atoms with E-state index in [1.807, 2.05) is 6.07 Å². The predicted octanol–water partition coefficient (Wildman–Crippen LogP) is 2.61. The Kier molecular flexibility index (Phi) is 3.11. The van der Waals surface area contributed by atoms with Crippen molar-refractivity contribution in [3.05, 3.63) is 47.9 Å². The van der Waals surface area contributed by atoms with E-state index in [0.29, 0.717) is 22.2 Å². The number of benzene rings is 1. The quantitative estimate of drug-likeness (QED) is 0.789. The molecule has 110 valence electrons. The first-order valence-electron chi connectivity index (χ1n) is 6.60. The number of aliphatic carboxylic acids is 1. The lowest BCUT2D eigenvalue weighted by molar-refractivity contribution is -0.141. The second-order valence-electron chi connectivity index (χ2n) is 5.02. The lowest BCUT2D eigenvalue weighted by atomic mass is 9.97. The van der Waals surface area contributed by atoms with Gasteiger partial charge >= 0.3 is 5.97 Å². The molecule has 0 bridgehead atoms. The monoisotopic (exact) mass is 296 g/mol. The number of nitriles is 1. The Bertz CT molecular complexity index is 883. The summed E-state index contributed by atoms with van der Waals surface area (Å²) in [5, 5.41) is 38.4. The highest BCUT2D eigenvalue weighted by Gasteiger charge is 2.25. The second-order valence-corrected chi connectivity index (χ2v) is 5.02. The minimum Gasteiger partial charge on any atom is -0.511 e. The van der Waals surface area contributed by atoms with E-state index < -0.39 is 11.9 Å². The number of carbonyl (C=O) groups is 1. The molecule has 0 saturated heterocycles.